The topological polar surface area (TPSA) is 85.6 Å². The second-order valence-corrected chi connectivity index (χ2v) is 15.7. The zero-order valence-corrected chi connectivity index (χ0v) is 30.8. The predicted molar refractivity (Wildman–Crippen MR) is 200 cm³/mol. The van der Waals surface area contributed by atoms with Gasteiger partial charge in [-0.1, -0.05) is 65.0 Å². The second kappa shape index (κ2) is 14.1. The number of aliphatic hydroxyl groups is 1. The van der Waals surface area contributed by atoms with Crippen LogP contribution in [0.25, 0.3) is 27.7 Å². The molecule has 3 fully saturated rings. The van der Waals surface area contributed by atoms with Gasteiger partial charge in [-0.25, -0.2) is 8.78 Å². The number of anilines is 1. The Morgan fingerprint density at radius 2 is 1.84 bits per heavy atom. The molecule has 4 heterocycles. The van der Waals surface area contributed by atoms with Crippen LogP contribution in [-0.2, 0) is 6.42 Å². The summed E-state index contributed by atoms with van der Waals surface area (Å²) in [6, 6.07) is 8.71. The first kappa shape index (κ1) is 36.1. The molecule has 0 radical (unpaired) electrons. The van der Waals surface area contributed by atoms with Crippen molar-refractivity contribution in [3.63, 3.8) is 0 Å². The molecule has 2 N–H and O–H groups in total. The van der Waals surface area contributed by atoms with Crippen molar-refractivity contribution in [1.82, 2.24) is 14.9 Å². The van der Waals surface area contributed by atoms with Crippen LogP contribution in [-0.4, -0.2) is 69.6 Å². The Bertz CT molecular complexity index is 1850. The standard InChI is InChI=1S/C37H43F2N5O2.C4H10/c1-5-24-27(38)13-12-23-10-7-11-26(28(23)24)29-31(39)33-30(25(6-2)32(29)40)34(43-16-8-14-36(4,45)20-43)42-35(41-33)46-21-37-15-9-17-44(37)19-22(3)18-37;1-4(2)3/h6-7,10-13,22,40,45H,5,8-9,14-21H2,1-4H3;4H,1-3H3/b25-6-,40-32?;. The van der Waals surface area contributed by atoms with Crippen molar-refractivity contribution in [3.05, 3.63) is 64.6 Å². The van der Waals surface area contributed by atoms with Gasteiger partial charge in [0.1, 0.15) is 23.9 Å². The molecular weight excluding hydrogens is 632 g/mol. The molecule has 3 atom stereocenters. The van der Waals surface area contributed by atoms with Gasteiger partial charge in [0.25, 0.3) is 0 Å². The minimum Gasteiger partial charge on any atom is -0.461 e. The summed E-state index contributed by atoms with van der Waals surface area (Å²) in [6.07, 6.45) is 6.81. The molecular formula is C41H53F2N5O2. The molecule has 7 rings (SSSR count). The van der Waals surface area contributed by atoms with E-state index in [1.807, 2.05) is 37.8 Å². The Balaban J connectivity index is 0.00000103. The van der Waals surface area contributed by atoms with E-state index in [1.54, 1.807) is 18.2 Å². The summed E-state index contributed by atoms with van der Waals surface area (Å²) in [6.45, 7) is 17.7. The second-order valence-electron chi connectivity index (χ2n) is 15.7. The zero-order valence-electron chi connectivity index (χ0n) is 30.8. The van der Waals surface area contributed by atoms with Crippen LogP contribution in [0.15, 0.2) is 36.4 Å². The normalized spacial score (nSPS) is 26.1. The maximum Gasteiger partial charge on any atom is 0.319 e. The fraction of sp³-hybridized carbons (Fsp3) is 0.537. The van der Waals surface area contributed by atoms with Gasteiger partial charge in [-0.3, -0.25) is 10.3 Å². The third-order valence-corrected chi connectivity index (χ3v) is 10.5. The number of allylic oxidation sites excluding steroid dienone is 3. The van der Waals surface area contributed by atoms with E-state index in [-0.39, 0.29) is 34.3 Å². The van der Waals surface area contributed by atoms with Crippen molar-refractivity contribution < 1.29 is 18.6 Å². The van der Waals surface area contributed by atoms with Crippen molar-refractivity contribution >= 4 is 39.3 Å². The SMILES string of the molecule is C/C=C1\C(=N)C(c2cccc3ccc(F)c(CC)c23)=C(F)c2nc(OCC34CCCN3CC(C)C4)nc(N3CCCC(C)(O)C3)c21.CC(C)C. The van der Waals surface area contributed by atoms with Crippen LogP contribution in [0.4, 0.5) is 14.6 Å². The lowest BCUT2D eigenvalue weighted by Gasteiger charge is -2.39. The summed E-state index contributed by atoms with van der Waals surface area (Å²) in [4.78, 5) is 14.1. The van der Waals surface area contributed by atoms with E-state index in [1.165, 1.54) is 6.07 Å². The molecule has 3 unspecified atom stereocenters. The number of β-amino-alcohol motifs (C(OH)–C–C–N with tert-alkyl or cyclic N) is 1. The molecule has 268 valence electrons. The Morgan fingerprint density at radius 1 is 1.10 bits per heavy atom. The van der Waals surface area contributed by atoms with Gasteiger partial charge in [0.15, 0.2) is 5.83 Å². The van der Waals surface area contributed by atoms with Crippen molar-refractivity contribution in [1.29, 1.82) is 5.41 Å². The lowest BCUT2D eigenvalue weighted by molar-refractivity contribution is 0.0446. The summed E-state index contributed by atoms with van der Waals surface area (Å²) in [5.74, 6) is 0.864. The van der Waals surface area contributed by atoms with Crippen molar-refractivity contribution in [2.24, 2.45) is 11.8 Å². The highest BCUT2D eigenvalue weighted by Gasteiger charge is 2.48. The van der Waals surface area contributed by atoms with Gasteiger partial charge >= 0.3 is 6.01 Å². The zero-order chi connectivity index (χ0) is 36.0. The van der Waals surface area contributed by atoms with Gasteiger partial charge in [-0.15, -0.1) is 0 Å². The smallest absolute Gasteiger partial charge is 0.319 e. The number of hydrogen-bond acceptors (Lipinski definition) is 7. The number of nitrogens with zero attached hydrogens (tertiary/aromatic N) is 4. The molecule has 9 heteroatoms. The van der Waals surface area contributed by atoms with Crippen LogP contribution >= 0.6 is 0 Å². The highest BCUT2D eigenvalue weighted by Crippen LogP contribution is 2.47. The minimum atomic E-state index is -0.943. The van der Waals surface area contributed by atoms with Crippen LogP contribution in [0.3, 0.4) is 0 Å². The Morgan fingerprint density at radius 3 is 2.54 bits per heavy atom. The maximum atomic E-state index is 17.2. The Hall–Kier alpha value is -3.69. The van der Waals surface area contributed by atoms with Crippen molar-refractivity contribution in [2.75, 3.05) is 37.7 Å². The largest absolute Gasteiger partial charge is 0.461 e. The molecule has 3 aromatic rings. The van der Waals surface area contributed by atoms with E-state index in [2.05, 4.69) is 32.6 Å². The van der Waals surface area contributed by atoms with Gasteiger partial charge in [0.2, 0.25) is 0 Å². The first-order valence-electron chi connectivity index (χ1n) is 18.4. The van der Waals surface area contributed by atoms with E-state index in [9.17, 15) is 10.5 Å². The number of halogens is 2. The molecule has 3 saturated heterocycles. The molecule has 4 aliphatic rings. The van der Waals surface area contributed by atoms with Gasteiger partial charge in [0, 0.05) is 30.8 Å². The monoisotopic (exact) mass is 685 g/mol. The summed E-state index contributed by atoms with van der Waals surface area (Å²) in [5, 5.41) is 21.8. The van der Waals surface area contributed by atoms with Gasteiger partial charge in [-0.2, -0.15) is 9.97 Å². The molecule has 0 spiro atoms. The van der Waals surface area contributed by atoms with Crippen LogP contribution in [0, 0.1) is 23.1 Å². The quantitative estimate of drug-likeness (QED) is 0.270. The Kier molecular flexibility index (Phi) is 10.2. The third-order valence-electron chi connectivity index (χ3n) is 10.5. The first-order chi connectivity index (χ1) is 23.8. The van der Waals surface area contributed by atoms with Crippen molar-refractivity contribution in [3.8, 4) is 6.01 Å². The number of benzene rings is 2. The predicted octanol–water partition coefficient (Wildman–Crippen LogP) is 8.87. The number of piperidine rings is 1. The third kappa shape index (κ3) is 6.71. The molecule has 1 aliphatic carbocycles. The molecule has 0 bridgehead atoms. The Labute approximate surface area is 296 Å². The van der Waals surface area contributed by atoms with Crippen LogP contribution < -0.4 is 9.64 Å². The number of aryl methyl sites for hydroxylation is 1. The van der Waals surface area contributed by atoms with E-state index < -0.39 is 11.4 Å². The number of nitrogens with one attached hydrogen (secondary N) is 1. The first-order valence-corrected chi connectivity index (χ1v) is 18.4. The molecule has 0 saturated carbocycles. The summed E-state index contributed by atoms with van der Waals surface area (Å²) < 4.78 is 38.8. The number of ether oxygens (including phenoxy) is 1. The molecule has 0 amide bonds. The van der Waals surface area contributed by atoms with Gasteiger partial charge < -0.3 is 14.7 Å². The number of fused-ring (bicyclic) bond motifs is 3. The number of aromatic nitrogens is 2. The molecule has 50 heavy (non-hydrogen) atoms. The summed E-state index contributed by atoms with van der Waals surface area (Å²) >= 11 is 0. The minimum absolute atomic E-state index is 0.00553. The summed E-state index contributed by atoms with van der Waals surface area (Å²) in [7, 11) is 0. The molecule has 2 aromatic carbocycles. The van der Waals surface area contributed by atoms with Crippen molar-refractivity contribution in [2.45, 2.75) is 98.1 Å². The lowest BCUT2D eigenvalue weighted by atomic mass is 9.81. The highest BCUT2D eigenvalue weighted by molar-refractivity contribution is 6.50. The van der Waals surface area contributed by atoms with E-state index in [0.29, 0.717) is 71.9 Å². The maximum absolute atomic E-state index is 17.2. The average Bonchev–Trinajstić information content (AvgIpc) is 3.59. The van der Waals surface area contributed by atoms with E-state index in [4.69, 9.17) is 14.7 Å². The fourth-order valence-corrected chi connectivity index (χ4v) is 8.56. The van der Waals surface area contributed by atoms with Crippen LogP contribution in [0.2, 0.25) is 0 Å². The molecule has 1 aromatic heterocycles. The molecule has 7 nitrogen and oxygen atoms in total. The number of hydrogen-bond donors (Lipinski definition) is 2. The summed E-state index contributed by atoms with van der Waals surface area (Å²) in [5.41, 5.74) is 0.998. The van der Waals surface area contributed by atoms with Crippen LogP contribution in [0.5, 0.6) is 6.01 Å². The number of rotatable bonds is 6. The van der Waals surface area contributed by atoms with Gasteiger partial charge in [-0.05, 0) is 98.7 Å². The average molecular weight is 686 g/mol. The molecule has 3 aliphatic heterocycles. The highest BCUT2D eigenvalue weighted by atomic mass is 19.1. The van der Waals surface area contributed by atoms with Crippen LogP contribution in [0.1, 0.15) is 103 Å². The van der Waals surface area contributed by atoms with E-state index >= 15 is 8.78 Å². The van der Waals surface area contributed by atoms with Gasteiger partial charge in [0.05, 0.1) is 22.4 Å². The fourth-order valence-electron chi connectivity index (χ4n) is 8.56. The lowest BCUT2D eigenvalue weighted by Crippen LogP contribution is -2.47. The van der Waals surface area contributed by atoms with E-state index in [0.717, 1.165) is 50.1 Å².